The lowest BCUT2D eigenvalue weighted by Crippen LogP contribution is -1.93. The molecule has 0 fully saturated rings. The second-order valence-electron chi connectivity index (χ2n) is 3.81. The first-order valence-electron chi connectivity index (χ1n) is 5.12. The van der Waals surface area contributed by atoms with E-state index in [0.717, 1.165) is 11.1 Å². The molecule has 1 heterocycles. The lowest BCUT2D eigenvalue weighted by molar-refractivity contribution is 0.459. The van der Waals surface area contributed by atoms with Crippen LogP contribution in [0.25, 0.3) is 0 Å². The van der Waals surface area contributed by atoms with E-state index < -0.39 is 0 Å². The summed E-state index contributed by atoms with van der Waals surface area (Å²) in [6, 6.07) is 9.35. The Morgan fingerprint density at radius 3 is 2.69 bits per heavy atom. The first-order valence-corrected chi connectivity index (χ1v) is 5.12. The van der Waals surface area contributed by atoms with Crippen molar-refractivity contribution in [1.82, 2.24) is 4.98 Å². The molecule has 0 saturated heterocycles. The molecule has 0 aliphatic heterocycles. The minimum Gasteiger partial charge on any atom is -0.439 e. The maximum atomic E-state index is 5.67. The summed E-state index contributed by atoms with van der Waals surface area (Å²) in [5.41, 5.74) is 8.50. The van der Waals surface area contributed by atoms with Gasteiger partial charge in [0.25, 0.3) is 0 Å². The van der Waals surface area contributed by atoms with Crippen molar-refractivity contribution < 1.29 is 4.74 Å². The highest BCUT2D eigenvalue weighted by Gasteiger charge is 2.03. The number of nitrogens with two attached hydrogens (primary N) is 1. The van der Waals surface area contributed by atoms with Crippen molar-refractivity contribution in [1.29, 1.82) is 0 Å². The molecule has 0 aliphatic carbocycles. The number of aryl methyl sites for hydroxylation is 2. The molecule has 0 aliphatic rings. The topological polar surface area (TPSA) is 48.1 Å². The predicted octanol–water partition coefficient (Wildman–Crippen LogP) is 3.07. The molecule has 16 heavy (non-hydrogen) atoms. The number of aromatic nitrogens is 1. The van der Waals surface area contributed by atoms with Crippen molar-refractivity contribution in [3.63, 3.8) is 0 Å². The molecule has 0 spiro atoms. The van der Waals surface area contributed by atoms with Gasteiger partial charge in [0.2, 0.25) is 5.88 Å². The van der Waals surface area contributed by atoms with E-state index >= 15 is 0 Å². The van der Waals surface area contributed by atoms with E-state index in [0.29, 0.717) is 17.3 Å². The molecule has 3 nitrogen and oxygen atoms in total. The first kappa shape index (κ1) is 10.5. The SMILES string of the molecule is Cc1cnc(Oc2cccc(N)c2)c(C)c1. The first-order chi connectivity index (χ1) is 7.65. The molecule has 3 heteroatoms. The van der Waals surface area contributed by atoms with E-state index in [-0.39, 0.29) is 0 Å². The average molecular weight is 214 g/mol. The molecule has 2 rings (SSSR count). The maximum absolute atomic E-state index is 5.67. The van der Waals surface area contributed by atoms with Crippen molar-refractivity contribution in [2.45, 2.75) is 13.8 Å². The van der Waals surface area contributed by atoms with E-state index in [1.54, 1.807) is 12.3 Å². The Balaban J connectivity index is 2.27. The number of nitrogens with zero attached hydrogens (tertiary/aromatic N) is 1. The van der Waals surface area contributed by atoms with Gasteiger partial charge in [-0.05, 0) is 37.6 Å². The quantitative estimate of drug-likeness (QED) is 0.781. The average Bonchev–Trinajstić information content (AvgIpc) is 2.22. The van der Waals surface area contributed by atoms with Crippen molar-refractivity contribution in [3.8, 4) is 11.6 Å². The number of hydrogen-bond acceptors (Lipinski definition) is 3. The van der Waals surface area contributed by atoms with Crippen LogP contribution in [0, 0.1) is 13.8 Å². The molecular formula is C13H14N2O. The molecule has 0 radical (unpaired) electrons. The molecule has 2 N–H and O–H groups in total. The van der Waals surface area contributed by atoms with Crippen LogP contribution in [0.2, 0.25) is 0 Å². The second-order valence-corrected chi connectivity index (χ2v) is 3.81. The van der Waals surface area contributed by atoms with E-state index in [9.17, 15) is 0 Å². The zero-order valence-corrected chi connectivity index (χ0v) is 9.40. The number of nitrogen functional groups attached to an aromatic ring is 1. The fourth-order valence-electron chi connectivity index (χ4n) is 1.50. The van der Waals surface area contributed by atoms with Gasteiger partial charge in [-0.25, -0.2) is 4.98 Å². The largest absolute Gasteiger partial charge is 0.439 e. The van der Waals surface area contributed by atoms with Gasteiger partial charge >= 0.3 is 0 Å². The van der Waals surface area contributed by atoms with Crippen LogP contribution in [-0.4, -0.2) is 4.98 Å². The second kappa shape index (κ2) is 4.23. The van der Waals surface area contributed by atoms with Crippen LogP contribution in [0.1, 0.15) is 11.1 Å². The third-order valence-corrected chi connectivity index (χ3v) is 2.24. The summed E-state index contributed by atoms with van der Waals surface area (Å²) in [6.07, 6.45) is 1.79. The van der Waals surface area contributed by atoms with Crippen LogP contribution < -0.4 is 10.5 Å². The van der Waals surface area contributed by atoms with Crippen molar-refractivity contribution in [2.24, 2.45) is 0 Å². The van der Waals surface area contributed by atoms with Gasteiger partial charge in [-0.2, -0.15) is 0 Å². The number of ether oxygens (including phenoxy) is 1. The van der Waals surface area contributed by atoms with E-state index in [1.807, 2.05) is 38.1 Å². The highest BCUT2D eigenvalue weighted by Crippen LogP contribution is 2.24. The standard InChI is InChI=1S/C13H14N2O/c1-9-6-10(2)13(15-8-9)16-12-5-3-4-11(14)7-12/h3-8H,14H2,1-2H3. The van der Waals surface area contributed by atoms with Gasteiger partial charge in [-0.15, -0.1) is 0 Å². The third kappa shape index (κ3) is 2.31. The number of rotatable bonds is 2. The fourth-order valence-corrected chi connectivity index (χ4v) is 1.50. The molecule has 0 bridgehead atoms. The molecule has 82 valence electrons. The van der Waals surface area contributed by atoms with Gasteiger partial charge in [0, 0.05) is 23.5 Å². The van der Waals surface area contributed by atoms with Crippen LogP contribution in [0.15, 0.2) is 36.5 Å². The summed E-state index contributed by atoms with van der Waals surface area (Å²) in [4.78, 5) is 4.24. The number of pyridine rings is 1. The molecular weight excluding hydrogens is 200 g/mol. The highest BCUT2D eigenvalue weighted by molar-refractivity contribution is 5.45. The number of benzene rings is 1. The molecule has 2 aromatic rings. The number of hydrogen-bond donors (Lipinski definition) is 1. The summed E-state index contributed by atoms with van der Waals surface area (Å²) in [5, 5.41) is 0. The Labute approximate surface area is 94.9 Å². The molecule has 1 aromatic carbocycles. The van der Waals surface area contributed by atoms with Gasteiger partial charge in [0.15, 0.2) is 0 Å². The van der Waals surface area contributed by atoms with Crippen LogP contribution >= 0.6 is 0 Å². The predicted molar refractivity (Wildman–Crippen MR) is 64.6 cm³/mol. The smallest absolute Gasteiger partial charge is 0.222 e. The third-order valence-electron chi connectivity index (χ3n) is 2.24. The molecule has 0 amide bonds. The Morgan fingerprint density at radius 1 is 1.19 bits per heavy atom. The van der Waals surface area contributed by atoms with Crippen molar-refractivity contribution >= 4 is 5.69 Å². The summed E-state index contributed by atoms with van der Waals surface area (Å²) in [5.74, 6) is 1.33. The summed E-state index contributed by atoms with van der Waals surface area (Å²) in [6.45, 7) is 3.98. The Morgan fingerprint density at radius 2 is 2.00 bits per heavy atom. The van der Waals surface area contributed by atoms with Gasteiger partial charge in [0.1, 0.15) is 5.75 Å². The van der Waals surface area contributed by atoms with Gasteiger partial charge in [-0.3, -0.25) is 0 Å². The van der Waals surface area contributed by atoms with Crippen molar-refractivity contribution in [2.75, 3.05) is 5.73 Å². The van der Waals surface area contributed by atoms with Crippen LogP contribution in [-0.2, 0) is 0 Å². The monoisotopic (exact) mass is 214 g/mol. The summed E-state index contributed by atoms with van der Waals surface area (Å²) >= 11 is 0. The van der Waals surface area contributed by atoms with E-state index in [1.165, 1.54) is 0 Å². The van der Waals surface area contributed by atoms with E-state index in [2.05, 4.69) is 4.98 Å². The fraction of sp³-hybridized carbons (Fsp3) is 0.154. The molecule has 1 aromatic heterocycles. The minimum absolute atomic E-state index is 0.621. The minimum atomic E-state index is 0.621. The molecule has 0 unspecified atom stereocenters. The van der Waals surface area contributed by atoms with Crippen LogP contribution in [0.5, 0.6) is 11.6 Å². The lowest BCUT2D eigenvalue weighted by Gasteiger charge is -2.08. The van der Waals surface area contributed by atoms with Gasteiger partial charge < -0.3 is 10.5 Å². The zero-order valence-electron chi connectivity index (χ0n) is 9.40. The van der Waals surface area contributed by atoms with Gasteiger partial charge in [0.05, 0.1) is 0 Å². The summed E-state index contributed by atoms with van der Waals surface area (Å²) < 4.78 is 5.65. The normalized spacial score (nSPS) is 10.1. The maximum Gasteiger partial charge on any atom is 0.222 e. The highest BCUT2D eigenvalue weighted by atomic mass is 16.5. The van der Waals surface area contributed by atoms with Gasteiger partial charge in [-0.1, -0.05) is 6.07 Å². The van der Waals surface area contributed by atoms with E-state index in [4.69, 9.17) is 10.5 Å². The Kier molecular flexibility index (Phi) is 2.77. The van der Waals surface area contributed by atoms with Crippen LogP contribution in [0.4, 0.5) is 5.69 Å². The lowest BCUT2D eigenvalue weighted by atomic mass is 10.2. The Bertz CT molecular complexity index is 509. The van der Waals surface area contributed by atoms with Crippen LogP contribution in [0.3, 0.4) is 0 Å². The Hall–Kier alpha value is -2.03. The summed E-state index contributed by atoms with van der Waals surface area (Å²) in [7, 11) is 0. The number of anilines is 1. The molecule has 0 atom stereocenters. The van der Waals surface area contributed by atoms with Crippen molar-refractivity contribution in [3.05, 3.63) is 47.7 Å². The molecule has 0 saturated carbocycles. The zero-order chi connectivity index (χ0) is 11.5.